The highest BCUT2D eigenvalue weighted by Crippen LogP contribution is 2.23. The normalized spacial score (nSPS) is 11.1. The van der Waals surface area contributed by atoms with Gasteiger partial charge >= 0.3 is 0 Å². The lowest BCUT2D eigenvalue weighted by Crippen LogP contribution is -1.65. The van der Waals surface area contributed by atoms with Crippen molar-refractivity contribution in [2.45, 2.75) is 0 Å². The Hall–Kier alpha value is -1.76. The lowest BCUT2D eigenvalue weighted by Gasteiger charge is -1.86. The van der Waals surface area contributed by atoms with Crippen LogP contribution in [0.1, 0.15) is 0 Å². The highest BCUT2D eigenvalue weighted by Gasteiger charge is 2.00. The summed E-state index contributed by atoms with van der Waals surface area (Å²) in [5.41, 5.74) is 2.14. The standard InChI is InChI=1S/C12H6N/c1-3-7-11-9(5-1)10-6-2-4-8-12(10)13-11/h1,3,5-7,13H. The lowest BCUT2D eigenvalue weighted by atomic mass is 10.2. The van der Waals surface area contributed by atoms with E-state index in [0.29, 0.717) is 0 Å². The third kappa shape index (κ3) is 0.872. The first-order chi connectivity index (χ1) is 6.45. The molecule has 59 valence electrons. The largest absolute Gasteiger partial charge is 0.354 e. The van der Waals surface area contributed by atoms with E-state index in [1.165, 1.54) is 5.39 Å². The molecule has 13 heavy (non-hydrogen) atoms. The molecule has 0 aliphatic rings. The van der Waals surface area contributed by atoms with E-state index in [0.717, 1.165) is 16.4 Å². The second-order valence-electron chi connectivity index (χ2n) is 3.00. The van der Waals surface area contributed by atoms with Gasteiger partial charge in [-0.15, -0.1) is 0 Å². The summed E-state index contributed by atoms with van der Waals surface area (Å²) in [6.45, 7) is 0. The van der Waals surface area contributed by atoms with E-state index < -0.39 is 0 Å². The van der Waals surface area contributed by atoms with Crippen LogP contribution in [-0.2, 0) is 0 Å². The van der Waals surface area contributed by atoms with Gasteiger partial charge < -0.3 is 4.98 Å². The molecule has 0 saturated heterocycles. The Morgan fingerprint density at radius 1 is 1.08 bits per heavy atom. The number of para-hydroxylation sites is 1. The van der Waals surface area contributed by atoms with Crippen LogP contribution in [0.3, 0.4) is 0 Å². The van der Waals surface area contributed by atoms with Crippen molar-refractivity contribution in [1.82, 2.24) is 4.98 Å². The zero-order valence-electron chi connectivity index (χ0n) is 6.89. The first-order valence-electron chi connectivity index (χ1n) is 4.15. The van der Waals surface area contributed by atoms with Crippen LogP contribution in [-0.4, -0.2) is 4.98 Å². The predicted octanol–water partition coefficient (Wildman–Crippen LogP) is 2.72. The van der Waals surface area contributed by atoms with Gasteiger partial charge in [-0.3, -0.25) is 0 Å². The molecule has 0 fully saturated rings. The number of fused-ring (bicyclic) bond motifs is 3. The Morgan fingerprint density at radius 2 is 2.00 bits per heavy atom. The van der Waals surface area contributed by atoms with Crippen LogP contribution in [0.5, 0.6) is 0 Å². The van der Waals surface area contributed by atoms with Gasteiger partial charge in [-0.1, -0.05) is 18.2 Å². The summed E-state index contributed by atoms with van der Waals surface area (Å²) in [7, 11) is 0. The molecule has 2 aromatic carbocycles. The van der Waals surface area contributed by atoms with E-state index >= 15 is 0 Å². The molecule has 0 aliphatic heterocycles. The van der Waals surface area contributed by atoms with Crippen LogP contribution in [0.25, 0.3) is 21.8 Å². The number of aromatic nitrogens is 1. The van der Waals surface area contributed by atoms with Crippen molar-refractivity contribution < 1.29 is 0 Å². The van der Waals surface area contributed by atoms with Crippen LogP contribution < -0.4 is 0 Å². The minimum absolute atomic E-state index is 1.000. The minimum Gasteiger partial charge on any atom is -0.354 e. The van der Waals surface area contributed by atoms with Gasteiger partial charge in [0, 0.05) is 28.4 Å². The number of benzene rings is 2. The smallest absolute Gasteiger partial charge is 0.0552 e. The number of hydrogen-bond acceptors (Lipinski definition) is 0. The number of hydrogen-bond donors (Lipinski definition) is 1. The Kier molecular flexibility index (Phi) is 1.22. The Labute approximate surface area is 76.0 Å². The Morgan fingerprint density at radius 3 is 3.00 bits per heavy atom. The zero-order chi connectivity index (χ0) is 8.67. The molecular weight excluding hydrogens is 158 g/mol. The predicted molar refractivity (Wildman–Crippen MR) is 52.3 cm³/mol. The molecule has 3 radical (unpaired) electrons. The van der Waals surface area contributed by atoms with Gasteiger partial charge in [0.1, 0.15) is 0 Å². The highest BCUT2D eigenvalue weighted by atomic mass is 14.7. The quantitative estimate of drug-likeness (QED) is 0.525. The Balaban J connectivity index is 2.64. The highest BCUT2D eigenvalue weighted by molar-refractivity contribution is 6.06. The molecule has 3 rings (SSSR count). The molecule has 1 aromatic heterocycles. The number of rotatable bonds is 0. The van der Waals surface area contributed by atoms with Crippen molar-refractivity contribution >= 4 is 21.8 Å². The molecule has 0 atom stereocenters. The maximum atomic E-state index is 3.27. The fraction of sp³-hybridized carbons (Fsp3) is 0. The van der Waals surface area contributed by atoms with Gasteiger partial charge in [0.25, 0.3) is 0 Å². The van der Waals surface area contributed by atoms with E-state index in [-0.39, 0.29) is 0 Å². The van der Waals surface area contributed by atoms with Crippen molar-refractivity contribution in [2.75, 3.05) is 0 Å². The van der Waals surface area contributed by atoms with Crippen LogP contribution >= 0.6 is 0 Å². The second-order valence-corrected chi connectivity index (χ2v) is 3.00. The summed E-state index contributed by atoms with van der Waals surface area (Å²) in [5, 5.41) is 2.38. The van der Waals surface area contributed by atoms with E-state index in [4.69, 9.17) is 0 Å². The average Bonchev–Trinajstić information content (AvgIpc) is 2.56. The van der Waals surface area contributed by atoms with Gasteiger partial charge in [0.05, 0.1) is 5.52 Å². The van der Waals surface area contributed by atoms with Crippen LogP contribution in [0.15, 0.2) is 30.3 Å². The van der Waals surface area contributed by atoms with E-state index in [1.807, 2.05) is 18.2 Å². The molecule has 3 aromatic rings. The first kappa shape index (κ1) is 6.72. The SMILES string of the molecule is [c]1[c]cc2c([c]1)[nH]c1ccccc12. The van der Waals surface area contributed by atoms with Gasteiger partial charge in [-0.25, -0.2) is 0 Å². The molecule has 1 heteroatoms. The van der Waals surface area contributed by atoms with E-state index in [9.17, 15) is 0 Å². The van der Waals surface area contributed by atoms with Crippen LogP contribution in [0.4, 0.5) is 0 Å². The molecule has 1 N–H and O–H groups in total. The molecule has 0 amide bonds. The van der Waals surface area contributed by atoms with Crippen LogP contribution in [0.2, 0.25) is 0 Å². The van der Waals surface area contributed by atoms with Gasteiger partial charge in [0.2, 0.25) is 0 Å². The summed E-state index contributed by atoms with van der Waals surface area (Å²) in [4.78, 5) is 3.27. The molecule has 0 saturated carbocycles. The maximum absolute atomic E-state index is 3.27. The number of aromatic amines is 1. The summed E-state index contributed by atoms with van der Waals surface area (Å²) in [6.07, 6.45) is 0. The fourth-order valence-electron chi connectivity index (χ4n) is 1.62. The summed E-state index contributed by atoms with van der Waals surface area (Å²) >= 11 is 0. The molecule has 1 heterocycles. The third-order valence-electron chi connectivity index (χ3n) is 2.22. The monoisotopic (exact) mass is 164 g/mol. The number of nitrogens with one attached hydrogen (secondary N) is 1. The third-order valence-corrected chi connectivity index (χ3v) is 2.22. The molecule has 1 nitrogen and oxygen atoms in total. The van der Waals surface area contributed by atoms with Crippen molar-refractivity contribution in [3.63, 3.8) is 0 Å². The zero-order valence-corrected chi connectivity index (χ0v) is 6.89. The Bertz CT molecular complexity index is 513. The summed E-state index contributed by atoms with van der Waals surface area (Å²) in [6, 6.07) is 18.9. The number of H-pyrrole nitrogens is 1. The van der Waals surface area contributed by atoms with Gasteiger partial charge in [0.15, 0.2) is 0 Å². The van der Waals surface area contributed by atoms with Crippen molar-refractivity contribution in [3.05, 3.63) is 48.5 Å². The molecule has 0 bridgehead atoms. The molecule has 0 unspecified atom stereocenters. The van der Waals surface area contributed by atoms with Crippen molar-refractivity contribution in [3.8, 4) is 0 Å². The van der Waals surface area contributed by atoms with Gasteiger partial charge in [-0.05, 0) is 18.2 Å². The second kappa shape index (κ2) is 2.36. The summed E-state index contributed by atoms with van der Waals surface area (Å²) < 4.78 is 0. The van der Waals surface area contributed by atoms with Crippen molar-refractivity contribution in [2.24, 2.45) is 0 Å². The molecular formula is C12H6N. The topological polar surface area (TPSA) is 15.8 Å². The van der Waals surface area contributed by atoms with E-state index in [1.54, 1.807) is 0 Å². The van der Waals surface area contributed by atoms with Crippen molar-refractivity contribution in [1.29, 1.82) is 0 Å². The first-order valence-corrected chi connectivity index (χ1v) is 4.15. The van der Waals surface area contributed by atoms with Gasteiger partial charge in [-0.2, -0.15) is 0 Å². The van der Waals surface area contributed by atoms with E-state index in [2.05, 4.69) is 35.3 Å². The maximum Gasteiger partial charge on any atom is 0.0552 e. The average molecular weight is 164 g/mol. The summed E-state index contributed by atoms with van der Waals surface area (Å²) in [5.74, 6) is 0. The lowest BCUT2D eigenvalue weighted by molar-refractivity contribution is 1.54. The minimum atomic E-state index is 1.000. The molecule has 0 aliphatic carbocycles. The molecule has 0 spiro atoms. The fourth-order valence-corrected chi connectivity index (χ4v) is 1.62. The van der Waals surface area contributed by atoms with Crippen LogP contribution in [0, 0.1) is 18.2 Å².